The minimum absolute atomic E-state index is 0.0704. The van der Waals surface area contributed by atoms with Crippen LogP contribution in [0.5, 0.6) is 0 Å². The maximum atomic E-state index is 12.1. The van der Waals surface area contributed by atoms with Crippen LogP contribution < -0.4 is 10.0 Å². The normalized spacial score (nSPS) is 12.6. The molecule has 6 nitrogen and oxygen atoms in total. The Kier molecular flexibility index (Phi) is 6.69. The number of hydrogen-bond donors (Lipinski definition) is 3. The second-order valence-corrected chi connectivity index (χ2v) is 7.33. The Labute approximate surface area is 147 Å². The van der Waals surface area contributed by atoms with E-state index in [1.807, 2.05) is 25.1 Å². The third-order valence-corrected chi connectivity index (χ3v) is 5.09. The van der Waals surface area contributed by atoms with Crippen molar-refractivity contribution in [2.75, 3.05) is 13.1 Å². The Hall–Kier alpha value is -2.22. The van der Waals surface area contributed by atoms with Crippen molar-refractivity contribution in [1.82, 2.24) is 10.0 Å². The first-order chi connectivity index (χ1) is 11.9. The summed E-state index contributed by atoms with van der Waals surface area (Å²) >= 11 is 0. The highest BCUT2D eigenvalue weighted by molar-refractivity contribution is 7.89. The van der Waals surface area contributed by atoms with Crippen LogP contribution in [0.2, 0.25) is 0 Å². The molecule has 0 aliphatic carbocycles. The van der Waals surface area contributed by atoms with Gasteiger partial charge >= 0.3 is 0 Å². The molecule has 1 amide bonds. The lowest BCUT2D eigenvalue weighted by atomic mass is 10.1. The Morgan fingerprint density at radius 3 is 2.32 bits per heavy atom. The maximum absolute atomic E-state index is 12.1. The zero-order valence-corrected chi connectivity index (χ0v) is 14.8. The second-order valence-electron chi connectivity index (χ2n) is 5.56. The predicted octanol–water partition coefficient (Wildman–Crippen LogP) is 1.84. The Morgan fingerprint density at radius 1 is 1.08 bits per heavy atom. The van der Waals surface area contributed by atoms with Gasteiger partial charge in [0, 0.05) is 18.7 Å². The van der Waals surface area contributed by atoms with Crippen molar-refractivity contribution in [3.05, 3.63) is 65.7 Å². The number of rotatable bonds is 8. The minimum atomic E-state index is -3.55. The average Bonchev–Trinajstić information content (AvgIpc) is 2.65. The molecule has 1 unspecified atom stereocenters. The smallest absolute Gasteiger partial charge is 0.251 e. The van der Waals surface area contributed by atoms with Crippen LogP contribution in [0, 0.1) is 0 Å². The van der Waals surface area contributed by atoms with Crippen LogP contribution >= 0.6 is 0 Å². The molecular formula is C18H22N2O4S. The van der Waals surface area contributed by atoms with Gasteiger partial charge < -0.3 is 10.4 Å². The zero-order valence-electron chi connectivity index (χ0n) is 14.0. The van der Waals surface area contributed by atoms with Crippen molar-refractivity contribution in [1.29, 1.82) is 0 Å². The Morgan fingerprint density at radius 2 is 1.72 bits per heavy atom. The monoisotopic (exact) mass is 362 g/mol. The fourth-order valence-corrected chi connectivity index (χ4v) is 3.32. The van der Waals surface area contributed by atoms with Gasteiger partial charge in [-0.1, -0.05) is 37.3 Å². The fourth-order valence-electron chi connectivity index (χ4n) is 2.19. The van der Waals surface area contributed by atoms with E-state index in [0.717, 1.165) is 0 Å². The SMILES string of the molecule is CCCNS(=O)(=O)c1ccc(C(=O)NCC(O)c2ccccc2)cc1. The van der Waals surface area contributed by atoms with Crippen LogP contribution in [-0.4, -0.2) is 32.5 Å². The van der Waals surface area contributed by atoms with Gasteiger partial charge in [0.05, 0.1) is 11.0 Å². The number of sulfonamides is 1. The van der Waals surface area contributed by atoms with Gasteiger partial charge in [0.25, 0.3) is 5.91 Å². The van der Waals surface area contributed by atoms with E-state index in [1.165, 1.54) is 24.3 Å². The molecule has 0 fully saturated rings. The topological polar surface area (TPSA) is 95.5 Å². The van der Waals surface area contributed by atoms with Crippen LogP contribution in [0.3, 0.4) is 0 Å². The van der Waals surface area contributed by atoms with Crippen LogP contribution in [0.25, 0.3) is 0 Å². The highest BCUT2D eigenvalue weighted by atomic mass is 32.2. The molecular weight excluding hydrogens is 340 g/mol. The lowest BCUT2D eigenvalue weighted by molar-refractivity contribution is 0.0916. The van der Waals surface area contributed by atoms with Crippen molar-refractivity contribution in [3.8, 4) is 0 Å². The van der Waals surface area contributed by atoms with E-state index in [1.54, 1.807) is 12.1 Å². The third-order valence-electron chi connectivity index (χ3n) is 3.61. The van der Waals surface area contributed by atoms with E-state index in [-0.39, 0.29) is 17.3 Å². The molecule has 0 aliphatic heterocycles. The number of carbonyl (C=O) groups is 1. The van der Waals surface area contributed by atoms with E-state index in [9.17, 15) is 18.3 Å². The molecule has 1 atom stereocenters. The summed E-state index contributed by atoms with van der Waals surface area (Å²) in [4.78, 5) is 12.2. The van der Waals surface area contributed by atoms with Crippen molar-refractivity contribution < 1.29 is 18.3 Å². The van der Waals surface area contributed by atoms with Gasteiger partial charge in [-0.15, -0.1) is 0 Å². The van der Waals surface area contributed by atoms with E-state index in [0.29, 0.717) is 24.1 Å². The molecule has 0 bridgehead atoms. The van der Waals surface area contributed by atoms with Gasteiger partial charge in [0.2, 0.25) is 10.0 Å². The molecule has 2 aromatic rings. The molecule has 0 aromatic heterocycles. The molecule has 2 aromatic carbocycles. The number of carbonyl (C=O) groups excluding carboxylic acids is 1. The molecule has 7 heteroatoms. The highest BCUT2D eigenvalue weighted by Gasteiger charge is 2.15. The van der Waals surface area contributed by atoms with Gasteiger partial charge in [-0.3, -0.25) is 4.79 Å². The quantitative estimate of drug-likeness (QED) is 0.668. The van der Waals surface area contributed by atoms with Crippen LogP contribution in [-0.2, 0) is 10.0 Å². The number of nitrogens with one attached hydrogen (secondary N) is 2. The number of aliphatic hydroxyl groups excluding tert-OH is 1. The van der Waals surface area contributed by atoms with E-state index < -0.39 is 16.1 Å². The summed E-state index contributed by atoms with van der Waals surface area (Å²) in [6, 6.07) is 14.7. The first-order valence-electron chi connectivity index (χ1n) is 8.05. The number of hydrogen-bond acceptors (Lipinski definition) is 4. The molecule has 0 saturated heterocycles. The lowest BCUT2D eigenvalue weighted by Crippen LogP contribution is -2.28. The van der Waals surface area contributed by atoms with Gasteiger partial charge in [-0.05, 0) is 36.2 Å². The van der Waals surface area contributed by atoms with Gasteiger partial charge in [0.1, 0.15) is 0 Å². The molecule has 0 radical (unpaired) electrons. The van der Waals surface area contributed by atoms with Gasteiger partial charge in [-0.25, -0.2) is 13.1 Å². The summed E-state index contributed by atoms with van der Waals surface area (Å²) in [5.74, 6) is -0.375. The standard InChI is InChI=1S/C18H22N2O4S/c1-2-12-20-25(23,24)16-10-8-15(9-11-16)18(22)19-13-17(21)14-6-4-3-5-7-14/h3-11,17,20-21H,2,12-13H2,1H3,(H,19,22). The molecule has 25 heavy (non-hydrogen) atoms. The predicted molar refractivity (Wildman–Crippen MR) is 95.7 cm³/mol. The fraction of sp³-hybridized carbons (Fsp3) is 0.278. The molecule has 2 rings (SSSR count). The average molecular weight is 362 g/mol. The summed E-state index contributed by atoms with van der Waals surface area (Å²) in [7, 11) is -3.55. The molecule has 0 spiro atoms. The molecule has 0 saturated carbocycles. The largest absolute Gasteiger partial charge is 0.387 e. The molecule has 0 aliphatic rings. The summed E-state index contributed by atoms with van der Waals surface area (Å²) in [5, 5.41) is 12.7. The summed E-state index contributed by atoms with van der Waals surface area (Å²) in [6.45, 7) is 2.31. The van der Waals surface area contributed by atoms with Crippen LogP contribution in [0.15, 0.2) is 59.5 Å². The lowest BCUT2D eigenvalue weighted by Gasteiger charge is -2.12. The second kappa shape index (κ2) is 8.75. The highest BCUT2D eigenvalue weighted by Crippen LogP contribution is 2.13. The summed E-state index contributed by atoms with van der Waals surface area (Å²) in [6.07, 6.45) is -0.105. The Balaban J connectivity index is 1.96. The third kappa shape index (κ3) is 5.38. The van der Waals surface area contributed by atoms with Gasteiger partial charge in [-0.2, -0.15) is 0 Å². The summed E-state index contributed by atoms with van der Waals surface area (Å²) in [5.41, 5.74) is 1.04. The van der Waals surface area contributed by atoms with Crippen LogP contribution in [0.4, 0.5) is 0 Å². The zero-order chi connectivity index (χ0) is 18.3. The summed E-state index contributed by atoms with van der Waals surface area (Å²) < 4.78 is 26.5. The van der Waals surface area contributed by atoms with E-state index in [4.69, 9.17) is 0 Å². The van der Waals surface area contributed by atoms with Crippen LogP contribution in [0.1, 0.15) is 35.4 Å². The molecule has 3 N–H and O–H groups in total. The molecule has 134 valence electrons. The van der Waals surface area contributed by atoms with E-state index in [2.05, 4.69) is 10.0 Å². The van der Waals surface area contributed by atoms with Crippen molar-refractivity contribution >= 4 is 15.9 Å². The van der Waals surface area contributed by atoms with Crippen molar-refractivity contribution in [2.24, 2.45) is 0 Å². The van der Waals surface area contributed by atoms with Crippen molar-refractivity contribution in [3.63, 3.8) is 0 Å². The van der Waals surface area contributed by atoms with Gasteiger partial charge in [0.15, 0.2) is 0 Å². The first-order valence-corrected chi connectivity index (χ1v) is 9.53. The van der Waals surface area contributed by atoms with Crippen molar-refractivity contribution in [2.45, 2.75) is 24.3 Å². The number of amides is 1. The number of aliphatic hydroxyl groups is 1. The number of benzene rings is 2. The Bertz CT molecular complexity index is 790. The minimum Gasteiger partial charge on any atom is -0.387 e. The molecule has 0 heterocycles. The van der Waals surface area contributed by atoms with E-state index >= 15 is 0 Å². The first kappa shape index (κ1) is 19.1. The maximum Gasteiger partial charge on any atom is 0.251 e.